The van der Waals surface area contributed by atoms with Crippen molar-refractivity contribution in [3.8, 4) is 0 Å². The minimum absolute atomic E-state index is 0.0274. The maximum Gasteiger partial charge on any atom is 0.237 e. The summed E-state index contributed by atoms with van der Waals surface area (Å²) in [4.78, 5) is 16.1. The zero-order chi connectivity index (χ0) is 12.7. The highest BCUT2D eigenvalue weighted by atomic mass is 127. The van der Waals surface area contributed by atoms with Crippen LogP contribution < -0.4 is 10.6 Å². The van der Waals surface area contributed by atoms with Gasteiger partial charge in [-0.25, -0.2) is 0 Å². The predicted molar refractivity (Wildman–Crippen MR) is 79.5 cm³/mol. The molecule has 0 spiro atoms. The van der Waals surface area contributed by atoms with Crippen molar-refractivity contribution in [2.75, 3.05) is 6.54 Å². The van der Waals surface area contributed by atoms with E-state index in [0.29, 0.717) is 0 Å². The lowest BCUT2D eigenvalue weighted by Crippen LogP contribution is -2.49. The first-order valence-electron chi connectivity index (χ1n) is 6.03. The molecule has 2 atom stereocenters. The van der Waals surface area contributed by atoms with E-state index in [4.69, 9.17) is 0 Å². The SMILES string of the molecule is C/C=C(I)\N=C/C(C)NC(=O)C1CCCCN1. The van der Waals surface area contributed by atoms with Gasteiger partial charge in [-0.05, 0) is 55.8 Å². The zero-order valence-electron chi connectivity index (χ0n) is 10.4. The van der Waals surface area contributed by atoms with Crippen molar-refractivity contribution in [1.29, 1.82) is 0 Å². The Bertz CT molecular complexity index is 309. The molecule has 17 heavy (non-hydrogen) atoms. The van der Waals surface area contributed by atoms with E-state index in [-0.39, 0.29) is 18.0 Å². The molecule has 0 aliphatic carbocycles. The van der Waals surface area contributed by atoms with Crippen LogP contribution in [0.2, 0.25) is 0 Å². The fourth-order valence-corrected chi connectivity index (χ4v) is 1.86. The van der Waals surface area contributed by atoms with Crippen molar-refractivity contribution in [3.05, 3.63) is 9.78 Å². The number of carbonyl (C=O) groups excluding carboxylic acids is 1. The summed E-state index contributed by atoms with van der Waals surface area (Å²) in [6.07, 6.45) is 6.92. The van der Waals surface area contributed by atoms with Gasteiger partial charge in [-0.3, -0.25) is 9.79 Å². The first kappa shape index (κ1) is 14.6. The zero-order valence-corrected chi connectivity index (χ0v) is 12.5. The van der Waals surface area contributed by atoms with Crippen LogP contribution in [-0.4, -0.2) is 30.8 Å². The Morgan fingerprint density at radius 1 is 1.59 bits per heavy atom. The van der Waals surface area contributed by atoms with E-state index >= 15 is 0 Å². The number of carbonyl (C=O) groups is 1. The molecule has 1 amide bonds. The minimum Gasteiger partial charge on any atom is -0.347 e. The summed E-state index contributed by atoms with van der Waals surface area (Å²) in [5.41, 5.74) is 0. The Labute approximate surface area is 116 Å². The lowest BCUT2D eigenvalue weighted by Gasteiger charge is -2.23. The molecule has 5 heteroatoms. The van der Waals surface area contributed by atoms with E-state index in [1.54, 1.807) is 6.21 Å². The summed E-state index contributed by atoms with van der Waals surface area (Å²) in [7, 11) is 0. The van der Waals surface area contributed by atoms with E-state index in [0.717, 1.165) is 23.1 Å². The Balaban J connectivity index is 2.37. The molecule has 1 rings (SSSR count). The topological polar surface area (TPSA) is 53.5 Å². The molecule has 1 fully saturated rings. The van der Waals surface area contributed by atoms with Crippen LogP contribution in [0.4, 0.5) is 0 Å². The smallest absolute Gasteiger partial charge is 0.237 e. The van der Waals surface area contributed by atoms with E-state index in [1.807, 2.05) is 19.9 Å². The van der Waals surface area contributed by atoms with E-state index in [2.05, 4.69) is 38.2 Å². The lowest BCUT2D eigenvalue weighted by atomic mass is 10.0. The van der Waals surface area contributed by atoms with Gasteiger partial charge in [-0.2, -0.15) is 0 Å². The van der Waals surface area contributed by atoms with Crippen LogP contribution in [-0.2, 0) is 4.79 Å². The molecule has 2 N–H and O–H groups in total. The second kappa shape index (κ2) is 7.81. The Kier molecular flexibility index (Phi) is 6.72. The molecule has 4 nitrogen and oxygen atoms in total. The minimum atomic E-state index is -0.0315. The monoisotopic (exact) mass is 349 g/mol. The van der Waals surface area contributed by atoms with Gasteiger partial charge < -0.3 is 10.6 Å². The molecule has 0 bridgehead atoms. The number of rotatable bonds is 4. The third-order valence-corrected chi connectivity index (χ3v) is 3.56. The third-order valence-electron chi connectivity index (χ3n) is 2.66. The number of piperidine rings is 1. The van der Waals surface area contributed by atoms with Crippen LogP contribution in [0, 0.1) is 0 Å². The van der Waals surface area contributed by atoms with Crippen molar-refractivity contribution in [1.82, 2.24) is 10.6 Å². The van der Waals surface area contributed by atoms with Gasteiger partial charge in [0.2, 0.25) is 5.91 Å². The van der Waals surface area contributed by atoms with Gasteiger partial charge in [0.1, 0.15) is 0 Å². The second-order valence-electron chi connectivity index (χ2n) is 4.19. The summed E-state index contributed by atoms with van der Waals surface area (Å²) >= 11 is 2.15. The lowest BCUT2D eigenvalue weighted by molar-refractivity contribution is -0.123. The van der Waals surface area contributed by atoms with Gasteiger partial charge >= 0.3 is 0 Å². The van der Waals surface area contributed by atoms with E-state index < -0.39 is 0 Å². The Hall–Kier alpha value is -0.430. The molecule has 1 aliphatic heterocycles. The highest BCUT2D eigenvalue weighted by Gasteiger charge is 2.20. The predicted octanol–water partition coefficient (Wildman–Crippen LogP) is 2.00. The van der Waals surface area contributed by atoms with Crippen molar-refractivity contribution >= 4 is 34.7 Å². The first-order chi connectivity index (χ1) is 8.13. The van der Waals surface area contributed by atoms with Gasteiger partial charge in [-0.15, -0.1) is 0 Å². The number of halogens is 1. The van der Waals surface area contributed by atoms with Gasteiger partial charge in [0.25, 0.3) is 0 Å². The van der Waals surface area contributed by atoms with Crippen molar-refractivity contribution in [2.45, 2.75) is 45.2 Å². The molecule has 0 aromatic carbocycles. The maximum atomic E-state index is 11.9. The third kappa shape index (κ3) is 5.63. The molecule has 0 aromatic heterocycles. The molecule has 2 unspecified atom stereocenters. The van der Waals surface area contributed by atoms with E-state index in [1.165, 1.54) is 6.42 Å². The molecule has 1 saturated heterocycles. The van der Waals surface area contributed by atoms with Gasteiger partial charge in [0, 0.05) is 6.21 Å². The van der Waals surface area contributed by atoms with Crippen LogP contribution in [0.5, 0.6) is 0 Å². The number of aliphatic imine (C=N–C) groups is 1. The maximum absolute atomic E-state index is 11.9. The molecule has 96 valence electrons. The average Bonchev–Trinajstić information content (AvgIpc) is 2.36. The van der Waals surface area contributed by atoms with Crippen molar-refractivity contribution in [2.24, 2.45) is 4.99 Å². The second-order valence-corrected chi connectivity index (χ2v) is 5.29. The molecular weight excluding hydrogens is 329 g/mol. The highest BCUT2D eigenvalue weighted by molar-refractivity contribution is 14.1. The van der Waals surface area contributed by atoms with Crippen LogP contribution in [0.15, 0.2) is 14.8 Å². The Morgan fingerprint density at radius 2 is 2.35 bits per heavy atom. The van der Waals surface area contributed by atoms with Crippen LogP contribution in [0.3, 0.4) is 0 Å². The number of nitrogens with zero attached hydrogens (tertiary/aromatic N) is 1. The van der Waals surface area contributed by atoms with Gasteiger partial charge in [0.05, 0.1) is 15.8 Å². The number of nitrogens with one attached hydrogen (secondary N) is 2. The average molecular weight is 349 g/mol. The van der Waals surface area contributed by atoms with Gasteiger partial charge in [-0.1, -0.05) is 12.5 Å². The number of hydrogen-bond acceptors (Lipinski definition) is 3. The molecule has 1 aliphatic rings. The summed E-state index contributed by atoms with van der Waals surface area (Å²) in [6, 6.07) is -0.0590. The summed E-state index contributed by atoms with van der Waals surface area (Å²) in [5.74, 6) is 0.0825. The van der Waals surface area contributed by atoms with Crippen LogP contribution >= 0.6 is 22.6 Å². The molecular formula is C12H20IN3O. The quantitative estimate of drug-likeness (QED) is 0.463. The van der Waals surface area contributed by atoms with Crippen molar-refractivity contribution in [3.63, 3.8) is 0 Å². The molecule has 0 aromatic rings. The standard InChI is InChI=1S/C12H20IN3O/c1-3-11(13)15-8-9(2)16-12(17)10-6-4-5-7-14-10/h3,8-10,14H,4-7H2,1-2H3,(H,16,17)/b11-3-,15-8-. The summed E-state index contributed by atoms with van der Waals surface area (Å²) < 4.78 is 0.930. The number of allylic oxidation sites excluding steroid dienone is 1. The molecule has 0 saturated carbocycles. The van der Waals surface area contributed by atoms with E-state index in [9.17, 15) is 4.79 Å². The van der Waals surface area contributed by atoms with Crippen LogP contribution in [0.25, 0.3) is 0 Å². The normalized spacial score (nSPS) is 23.7. The highest BCUT2D eigenvalue weighted by Crippen LogP contribution is 2.07. The number of amides is 1. The largest absolute Gasteiger partial charge is 0.347 e. The fraction of sp³-hybridized carbons (Fsp3) is 0.667. The molecule has 0 radical (unpaired) electrons. The Morgan fingerprint density at radius 3 is 2.94 bits per heavy atom. The van der Waals surface area contributed by atoms with Gasteiger partial charge in [0.15, 0.2) is 0 Å². The first-order valence-corrected chi connectivity index (χ1v) is 7.11. The summed E-state index contributed by atoms with van der Waals surface area (Å²) in [6.45, 7) is 4.81. The van der Waals surface area contributed by atoms with Crippen LogP contribution in [0.1, 0.15) is 33.1 Å². The van der Waals surface area contributed by atoms with Crippen molar-refractivity contribution < 1.29 is 4.79 Å². The summed E-state index contributed by atoms with van der Waals surface area (Å²) in [5, 5.41) is 6.18. The fourth-order valence-electron chi connectivity index (χ4n) is 1.70. The number of hydrogen-bond donors (Lipinski definition) is 2. The molecule has 1 heterocycles.